The van der Waals surface area contributed by atoms with Crippen molar-refractivity contribution in [2.24, 2.45) is 0 Å². The number of benzene rings is 1. The van der Waals surface area contributed by atoms with Crippen LogP contribution >= 0.6 is 11.6 Å². The van der Waals surface area contributed by atoms with Gasteiger partial charge in [0.1, 0.15) is 5.75 Å². The van der Waals surface area contributed by atoms with Gasteiger partial charge in [-0.3, -0.25) is 4.79 Å². The lowest BCUT2D eigenvalue weighted by atomic mass is 10.2. The molecule has 0 aliphatic carbocycles. The van der Waals surface area contributed by atoms with E-state index in [1.54, 1.807) is 30.3 Å². The molecule has 1 amide bonds. The lowest BCUT2D eigenvalue weighted by Crippen LogP contribution is -2.15. The molecule has 0 aliphatic rings. The van der Waals surface area contributed by atoms with Crippen LogP contribution in [0.1, 0.15) is 5.82 Å². The summed E-state index contributed by atoms with van der Waals surface area (Å²) in [6.07, 6.45) is 1.44. The van der Waals surface area contributed by atoms with Crippen LogP contribution in [0.15, 0.2) is 45.5 Å². The zero-order chi connectivity index (χ0) is 16.2. The summed E-state index contributed by atoms with van der Waals surface area (Å²) in [5, 5.41) is 6.94. The summed E-state index contributed by atoms with van der Waals surface area (Å²) in [7, 11) is 1.51. The molecule has 0 spiro atoms. The smallest absolute Gasteiger partial charge is 0.293 e. The number of nitrogens with zero attached hydrogens (tertiary/aromatic N) is 2. The molecule has 118 valence electrons. The van der Waals surface area contributed by atoms with Crippen molar-refractivity contribution in [2.45, 2.75) is 6.42 Å². The number of furan rings is 1. The zero-order valence-electron chi connectivity index (χ0n) is 12.1. The molecule has 0 radical (unpaired) electrons. The van der Waals surface area contributed by atoms with Gasteiger partial charge in [-0.05, 0) is 30.3 Å². The first kappa shape index (κ1) is 15.1. The SMILES string of the molecule is COc1ccc(Cl)cc1NC(=O)Cc1noc(-c2ccco2)n1. The minimum atomic E-state index is -0.322. The lowest BCUT2D eigenvalue weighted by molar-refractivity contribution is -0.115. The van der Waals surface area contributed by atoms with Gasteiger partial charge >= 0.3 is 0 Å². The highest BCUT2D eigenvalue weighted by Gasteiger charge is 2.15. The Balaban J connectivity index is 1.69. The van der Waals surface area contributed by atoms with E-state index in [1.165, 1.54) is 13.4 Å². The highest BCUT2D eigenvalue weighted by atomic mass is 35.5. The predicted molar refractivity (Wildman–Crippen MR) is 82.3 cm³/mol. The number of ether oxygens (including phenoxy) is 1. The molecule has 0 saturated heterocycles. The molecule has 0 atom stereocenters. The number of carbonyl (C=O) groups is 1. The highest BCUT2D eigenvalue weighted by molar-refractivity contribution is 6.31. The summed E-state index contributed by atoms with van der Waals surface area (Å²) in [6.45, 7) is 0. The first-order valence-corrected chi connectivity index (χ1v) is 7.03. The lowest BCUT2D eigenvalue weighted by Gasteiger charge is -2.09. The van der Waals surface area contributed by atoms with E-state index in [1.807, 2.05) is 0 Å². The van der Waals surface area contributed by atoms with E-state index in [0.717, 1.165) is 0 Å². The molecular weight excluding hydrogens is 322 g/mol. The van der Waals surface area contributed by atoms with Crippen molar-refractivity contribution < 1.29 is 18.5 Å². The zero-order valence-corrected chi connectivity index (χ0v) is 12.8. The maximum absolute atomic E-state index is 12.1. The number of hydrogen-bond acceptors (Lipinski definition) is 6. The Morgan fingerprint density at radius 1 is 1.39 bits per heavy atom. The number of amides is 1. The number of methoxy groups -OCH3 is 1. The van der Waals surface area contributed by atoms with E-state index >= 15 is 0 Å². The third-order valence-corrected chi connectivity index (χ3v) is 3.19. The Labute approximate surface area is 136 Å². The minimum absolute atomic E-state index is 0.0557. The second-order valence-corrected chi connectivity index (χ2v) is 5.00. The number of aromatic nitrogens is 2. The van der Waals surface area contributed by atoms with E-state index in [2.05, 4.69) is 15.5 Å². The fourth-order valence-electron chi connectivity index (χ4n) is 1.94. The summed E-state index contributed by atoms with van der Waals surface area (Å²) in [6, 6.07) is 8.33. The van der Waals surface area contributed by atoms with Gasteiger partial charge in [-0.2, -0.15) is 4.98 Å². The Bertz CT molecular complexity index is 814. The fourth-order valence-corrected chi connectivity index (χ4v) is 2.11. The summed E-state index contributed by atoms with van der Waals surface area (Å²) in [5.41, 5.74) is 0.472. The minimum Gasteiger partial charge on any atom is -0.495 e. The fraction of sp³-hybridized carbons (Fsp3) is 0.133. The number of carbonyl (C=O) groups excluding carboxylic acids is 1. The maximum Gasteiger partial charge on any atom is 0.293 e. The van der Waals surface area contributed by atoms with Gasteiger partial charge in [0.2, 0.25) is 5.91 Å². The molecule has 0 unspecified atom stereocenters. The van der Waals surface area contributed by atoms with Crippen molar-refractivity contribution in [3.63, 3.8) is 0 Å². The maximum atomic E-state index is 12.1. The molecule has 0 saturated carbocycles. The second-order valence-electron chi connectivity index (χ2n) is 4.56. The van der Waals surface area contributed by atoms with Crippen molar-refractivity contribution >= 4 is 23.2 Å². The van der Waals surface area contributed by atoms with Gasteiger partial charge in [0.15, 0.2) is 11.6 Å². The Hall–Kier alpha value is -2.80. The summed E-state index contributed by atoms with van der Waals surface area (Å²) in [5.74, 6) is 1.10. The normalized spacial score (nSPS) is 10.5. The highest BCUT2D eigenvalue weighted by Crippen LogP contribution is 2.27. The topological polar surface area (TPSA) is 90.4 Å². The molecule has 1 aromatic carbocycles. The second kappa shape index (κ2) is 6.53. The Morgan fingerprint density at radius 2 is 2.26 bits per heavy atom. The van der Waals surface area contributed by atoms with Crippen LogP contribution in [0.25, 0.3) is 11.7 Å². The van der Waals surface area contributed by atoms with Crippen molar-refractivity contribution in [2.75, 3.05) is 12.4 Å². The molecule has 2 aromatic heterocycles. The molecule has 2 heterocycles. The molecule has 7 nitrogen and oxygen atoms in total. The van der Waals surface area contributed by atoms with E-state index in [9.17, 15) is 4.79 Å². The average molecular weight is 334 g/mol. The van der Waals surface area contributed by atoms with Gasteiger partial charge in [0.25, 0.3) is 5.89 Å². The van der Waals surface area contributed by atoms with Gasteiger partial charge < -0.3 is 19.0 Å². The molecule has 0 fully saturated rings. The molecular formula is C15H12ClN3O4. The molecule has 8 heteroatoms. The number of hydrogen-bond donors (Lipinski definition) is 1. The van der Waals surface area contributed by atoms with E-state index in [0.29, 0.717) is 22.2 Å². The third-order valence-electron chi connectivity index (χ3n) is 2.95. The Morgan fingerprint density at radius 3 is 3.00 bits per heavy atom. The predicted octanol–water partition coefficient (Wildman–Crippen LogP) is 3.17. The quantitative estimate of drug-likeness (QED) is 0.771. The van der Waals surface area contributed by atoms with Crippen LogP contribution in [0.3, 0.4) is 0 Å². The van der Waals surface area contributed by atoms with Crippen molar-refractivity contribution in [1.29, 1.82) is 0 Å². The first-order valence-electron chi connectivity index (χ1n) is 6.65. The van der Waals surface area contributed by atoms with Gasteiger partial charge in [-0.15, -0.1) is 0 Å². The van der Waals surface area contributed by atoms with Crippen LogP contribution < -0.4 is 10.1 Å². The van der Waals surface area contributed by atoms with Crippen molar-refractivity contribution in [1.82, 2.24) is 10.1 Å². The average Bonchev–Trinajstić information content (AvgIpc) is 3.18. The summed E-state index contributed by atoms with van der Waals surface area (Å²) < 4.78 is 15.4. The van der Waals surface area contributed by atoms with E-state index < -0.39 is 0 Å². The molecule has 3 rings (SSSR count). The number of anilines is 1. The first-order chi connectivity index (χ1) is 11.2. The third kappa shape index (κ3) is 3.51. The Kier molecular flexibility index (Phi) is 4.29. The van der Waals surface area contributed by atoms with Crippen molar-refractivity contribution in [3.05, 3.63) is 47.4 Å². The van der Waals surface area contributed by atoms with Crippen molar-refractivity contribution in [3.8, 4) is 17.4 Å². The van der Waals surface area contributed by atoms with Crippen LogP contribution in [0.5, 0.6) is 5.75 Å². The van der Waals surface area contributed by atoms with Crippen LogP contribution in [0, 0.1) is 0 Å². The number of nitrogens with one attached hydrogen (secondary N) is 1. The molecule has 0 bridgehead atoms. The van der Waals surface area contributed by atoms with E-state index in [4.69, 9.17) is 25.3 Å². The van der Waals surface area contributed by atoms with Gasteiger partial charge in [0.05, 0.1) is 25.5 Å². The van der Waals surface area contributed by atoms with Crippen LogP contribution in [0.4, 0.5) is 5.69 Å². The molecule has 1 N–H and O–H groups in total. The van der Waals surface area contributed by atoms with Crippen LogP contribution in [0.2, 0.25) is 5.02 Å². The van der Waals surface area contributed by atoms with Gasteiger partial charge in [-0.1, -0.05) is 16.8 Å². The number of rotatable bonds is 5. The standard InChI is InChI=1S/C15H12ClN3O4/c1-21-11-5-4-9(16)7-10(11)17-14(20)8-13-18-15(23-19-13)12-3-2-6-22-12/h2-7H,8H2,1H3,(H,17,20). The summed E-state index contributed by atoms with van der Waals surface area (Å²) in [4.78, 5) is 16.2. The van der Waals surface area contributed by atoms with Crippen LogP contribution in [-0.2, 0) is 11.2 Å². The largest absolute Gasteiger partial charge is 0.495 e. The summed E-state index contributed by atoms with van der Waals surface area (Å²) >= 11 is 5.92. The van der Waals surface area contributed by atoms with Crippen LogP contribution in [-0.4, -0.2) is 23.2 Å². The molecule has 0 aliphatic heterocycles. The monoisotopic (exact) mass is 333 g/mol. The van der Waals surface area contributed by atoms with Gasteiger partial charge in [-0.25, -0.2) is 0 Å². The number of halogens is 1. The molecule has 3 aromatic rings. The van der Waals surface area contributed by atoms with E-state index in [-0.39, 0.29) is 24.0 Å². The molecule has 23 heavy (non-hydrogen) atoms. The van der Waals surface area contributed by atoms with Gasteiger partial charge in [0, 0.05) is 5.02 Å².